The molecule has 0 heterocycles. The number of aliphatic carboxylic acids is 1. The third-order valence-corrected chi connectivity index (χ3v) is 2.13. The van der Waals surface area contributed by atoms with Gasteiger partial charge in [0.2, 0.25) is 0 Å². The van der Waals surface area contributed by atoms with Crippen molar-refractivity contribution in [2.24, 2.45) is 5.41 Å². The minimum atomic E-state index is -0.630. The van der Waals surface area contributed by atoms with Crippen LogP contribution in [0.2, 0.25) is 0 Å². The van der Waals surface area contributed by atoms with E-state index in [-0.39, 0.29) is 5.41 Å². The maximum atomic E-state index is 10.6. The largest absolute Gasteiger partial charge is 0.481 e. The maximum Gasteiger partial charge on any atom is 0.309 e. The van der Waals surface area contributed by atoms with Crippen molar-refractivity contribution in [2.75, 3.05) is 0 Å². The third-order valence-electron chi connectivity index (χ3n) is 2.13. The van der Waals surface area contributed by atoms with Gasteiger partial charge in [-0.25, -0.2) is 0 Å². The van der Waals surface area contributed by atoms with E-state index in [4.69, 9.17) is 5.11 Å². The summed E-state index contributed by atoms with van der Waals surface area (Å²) >= 11 is 0. The lowest BCUT2D eigenvalue weighted by Crippen LogP contribution is -2.13. The van der Waals surface area contributed by atoms with E-state index >= 15 is 0 Å². The van der Waals surface area contributed by atoms with Gasteiger partial charge in [-0.15, -0.1) is 6.58 Å². The van der Waals surface area contributed by atoms with Gasteiger partial charge in [0.05, 0.1) is 5.41 Å². The molecule has 56 valence electrons. The molecule has 0 spiro atoms. The summed E-state index contributed by atoms with van der Waals surface area (Å²) in [6.45, 7) is 3.56. The number of carbonyl (C=O) groups is 1. The Labute approximate surface area is 60.6 Å². The Hall–Kier alpha value is -0.790. The summed E-state index contributed by atoms with van der Waals surface area (Å²) in [5.41, 5.74) is -0.353. The summed E-state index contributed by atoms with van der Waals surface area (Å²) in [6, 6.07) is 0. The molecule has 0 aromatic heterocycles. The smallest absolute Gasteiger partial charge is 0.309 e. The highest BCUT2D eigenvalue weighted by molar-refractivity contribution is 5.77. The fourth-order valence-electron chi connectivity index (χ4n) is 1.10. The fraction of sp³-hybridized carbons (Fsp3) is 0.625. The standard InChI is InChI=1S/C8H12O2/c1-2-3-4-8(5-6-8)7(9)10/h2H,1,3-6H2,(H,9,10). The first-order valence-electron chi connectivity index (χ1n) is 3.55. The van der Waals surface area contributed by atoms with Crippen LogP contribution in [0, 0.1) is 5.41 Å². The third kappa shape index (κ3) is 1.20. The van der Waals surface area contributed by atoms with Crippen molar-refractivity contribution < 1.29 is 9.90 Å². The van der Waals surface area contributed by atoms with Gasteiger partial charge in [-0.2, -0.15) is 0 Å². The Bertz CT molecular complexity index is 157. The van der Waals surface area contributed by atoms with Crippen molar-refractivity contribution in [2.45, 2.75) is 25.7 Å². The number of carboxylic acids is 1. The van der Waals surface area contributed by atoms with E-state index in [0.717, 1.165) is 25.7 Å². The molecular formula is C8H12O2. The van der Waals surface area contributed by atoms with Crippen LogP contribution in [0.3, 0.4) is 0 Å². The predicted octanol–water partition coefficient (Wildman–Crippen LogP) is 1.82. The molecule has 0 radical (unpaired) electrons. The number of rotatable bonds is 4. The number of hydrogen-bond donors (Lipinski definition) is 1. The molecule has 0 unspecified atom stereocenters. The molecule has 2 nitrogen and oxygen atoms in total. The minimum absolute atomic E-state index is 0.353. The molecule has 1 rings (SSSR count). The molecule has 10 heavy (non-hydrogen) atoms. The monoisotopic (exact) mass is 140 g/mol. The first-order chi connectivity index (χ1) is 4.71. The fourth-order valence-corrected chi connectivity index (χ4v) is 1.10. The Morgan fingerprint density at radius 3 is 2.60 bits per heavy atom. The normalized spacial score (nSPS) is 20.0. The van der Waals surface area contributed by atoms with Crippen LogP contribution in [0.1, 0.15) is 25.7 Å². The average Bonchev–Trinajstić information content (AvgIpc) is 2.64. The van der Waals surface area contributed by atoms with Crippen LogP contribution in [0.15, 0.2) is 12.7 Å². The molecule has 0 atom stereocenters. The Balaban J connectivity index is 2.37. The second kappa shape index (κ2) is 2.45. The van der Waals surface area contributed by atoms with Crippen molar-refractivity contribution in [3.63, 3.8) is 0 Å². The van der Waals surface area contributed by atoms with Gasteiger partial charge < -0.3 is 5.11 Å². The highest BCUT2D eigenvalue weighted by Crippen LogP contribution is 2.49. The van der Waals surface area contributed by atoms with Crippen molar-refractivity contribution in [3.05, 3.63) is 12.7 Å². The summed E-state index contributed by atoms with van der Waals surface area (Å²) in [5, 5.41) is 8.70. The van der Waals surface area contributed by atoms with Crippen molar-refractivity contribution in [1.29, 1.82) is 0 Å². The summed E-state index contributed by atoms with van der Waals surface area (Å²) < 4.78 is 0. The topological polar surface area (TPSA) is 37.3 Å². The van der Waals surface area contributed by atoms with Crippen LogP contribution < -0.4 is 0 Å². The van der Waals surface area contributed by atoms with Crippen molar-refractivity contribution in [1.82, 2.24) is 0 Å². The van der Waals surface area contributed by atoms with Crippen LogP contribution in [0.5, 0.6) is 0 Å². The highest BCUT2D eigenvalue weighted by Gasteiger charge is 2.48. The second-order valence-electron chi connectivity index (χ2n) is 2.91. The maximum absolute atomic E-state index is 10.6. The Morgan fingerprint density at radius 2 is 2.30 bits per heavy atom. The van der Waals surface area contributed by atoms with Gasteiger partial charge in [0, 0.05) is 0 Å². The predicted molar refractivity (Wildman–Crippen MR) is 38.7 cm³/mol. The Kier molecular flexibility index (Phi) is 1.79. The van der Waals surface area contributed by atoms with Crippen LogP contribution in [-0.4, -0.2) is 11.1 Å². The second-order valence-corrected chi connectivity index (χ2v) is 2.91. The molecule has 0 aliphatic heterocycles. The zero-order valence-electron chi connectivity index (χ0n) is 5.97. The molecule has 1 aliphatic rings. The van der Waals surface area contributed by atoms with E-state index in [0.29, 0.717) is 0 Å². The molecule has 1 saturated carbocycles. The molecule has 0 aromatic rings. The minimum Gasteiger partial charge on any atom is -0.481 e. The summed E-state index contributed by atoms with van der Waals surface area (Å²) in [6.07, 6.45) is 5.09. The lowest BCUT2D eigenvalue weighted by Gasteiger charge is -2.05. The molecular weight excluding hydrogens is 128 g/mol. The van der Waals surface area contributed by atoms with E-state index in [1.165, 1.54) is 0 Å². The van der Waals surface area contributed by atoms with E-state index in [9.17, 15) is 4.79 Å². The lowest BCUT2D eigenvalue weighted by molar-refractivity contribution is -0.143. The molecule has 0 bridgehead atoms. The summed E-state index contributed by atoms with van der Waals surface area (Å²) in [7, 11) is 0. The Morgan fingerprint density at radius 1 is 1.70 bits per heavy atom. The summed E-state index contributed by atoms with van der Waals surface area (Å²) in [4.78, 5) is 10.6. The average molecular weight is 140 g/mol. The van der Waals surface area contributed by atoms with E-state index in [2.05, 4.69) is 6.58 Å². The van der Waals surface area contributed by atoms with E-state index in [1.807, 2.05) is 0 Å². The first kappa shape index (κ1) is 7.32. The SMILES string of the molecule is C=CCCC1(C(=O)O)CC1. The van der Waals surface area contributed by atoms with Gasteiger partial charge in [-0.3, -0.25) is 4.79 Å². The van der Waals surface area contributed by atoms with Gasteiger partial charge in [-0.1, -0.05) is 6.08 Å². The quantitative estimate of drug-likeness (QED) is 0.605. The van der Waals surface area contributed by atoms with Gasteiger partial charge in [0.25, 0.3) is 0 Å². The first-order valence-corrected chi connectivity index (χ1v) is 3.55. The van der Waals surface area contributed by atoms with Gasteiger partial charge in [0.1, 0.15) is 0 Å². The molecule has 0 saturated heterocycles. The van der Waals surface area contributed by atoms with E-state index < -0.39 is 5.97 Å². The number of hydrogen-bond acceptors (Lipinski definition) is 1. The van der Waals surface area contributed by atoms with Crippen LogP contribution in [0.25, 0.3) is 0 Å². The molecule has 1 aliphatic carbocycles. The van der Waals surface area contributed by atoms with E-state index in [1.54, 1.807) is 6.08 Å². The van der Waals surface area contributed by atoms with Crippen LogP contribution in [0.4, 0.5) is 0 Å². The lowest BCUT2D eigenvalue weighted by atomic mass is 10.0. The molecule has 0 aromatic carbocycles. The molecule has 1 N–H and O–H groups in total. The van der Waals surface area contributed by atoms with Gasteiger partial charge >= 0.3 is 5.97 Å². The number of allylic oxidation sites excluding steroid dienone is 1. The van der Waals surface area contributed by atoms with Gasteiger partial charge in [-0.05, 0) is 25.7 Å². The van der Waals surface area contributed by atoms with Crippen LogP contribution >= 0.6 is 0 Å². The summed E-state index contributed by atoms with van der Waals surface area (Å²) in [5.74, 6) is -0.630. The zero-order chi connectivity index (χ0) is 7.61. The molecule has 2 heteroatoms. The molecule has 1 fully saturated rings. The number of carboxylic acid groups (broad SMARTS) is 1. The highest BCUT2D eigenvalue weighted by atomic mass is 16.4. The molecule has 0 amide bonds. The zero-order valence-corrected chi connectivity index (χ0v) is 5.97. The van der Waals surface area contributed by atoms with Crippen molar-refractivity contribution in [3.8, 4) is 0 Å². The van der Waals surface area contributed by atoms with Crippen LogP contribution in [-0.2, 0) is 4.79 Å². The van der Waals surface area contributed by atoms with Gasteiger partial charge in [0.15, 0.2) is 0 Å². The van der Waals surface area contributed by atoms with Crippen molar-refractivity contribution >= 4 is 5.97 Å².